The van der Waals surface area contributed by atoms with Gasteiger partial charge < -0.3 is 10.1 Å². The molecule has 0 atom stereocenters. The van der Waals surface area contributed by atoms with Gasteiger partial charge in [0.05, 0.1) is 13.7 Å². The first-order valence-electron chi connectivity index (χ1n) is 9.93. The number of amides is 1. The zero-order valence-electron chi connectivity index (χ0n) is 17.4. The number of rotatable bonds is 7. The summed E-state index contributed by atoms with van der Waals surface area (Å²) in [6.07, 6.45) is 0. The van der Waals surface area contributed by atoms with Gasteiger partial charge in [-0.1, -0.05) is 17.7 Å². The molecule has 1 amide bonds. The number of carbonyl (C=O) groups is 2. The van der Waals surface area contributed by atoms with Crippen LogP contribution in [0.4, 0.5) is 5.69 Å². The Morgan fingerprint density at radius 3 is 2.28 bits per heavy atom. The van der Waals surface area contributed by atoms with Gasteiger partial charge in [0.2, 0.25) is 5.91 Å². The first-order valence-corrected chi connectivity index (χ1v) is 9.93. The molecule has 2 aromatic carbocycles. The van der Waals surface area contributed by atoms with Crippen molar-refractivity contribution in [2.75, 3.05) is 45.2 Å². The normalized spacial score (nSPS) is 15.1. The largest absolute Gasteiger partial charge is 0.496 e. The minimum atomic E-state index is 0.0122. The van der Waals surface area contributed by atoms with Gasteiger partial charge in [-0.2, -0.15) is 0 Å². The molecular weight excluding hydrogens is 366 g/mol. The van der Waals surface area contributed by atoms with Crippen molar-refractivity contribution in [2.24, 2.45) is 0 Å². The van der Waals surface area contributed by atoms with Crippen LogP contribution in [0.3, 0.4) is 0 Å². The Kier molecular flexibility index (Phi) is 7.01. The van der Waals surface area contributed by atoms with Crippen LogP contribution >= 0.6 is 0 Å². The molecule has 0 aromatic heterocycles. The highest BCUT2D eigenvalue weighted by atomic mass is 16.5. The summed E-state index contributed by atoms with van der Waals surface area (Å²) >= 11 is 0. The predicted molar refractivity (Wildman–Crippen MR) is 115 cm³/mol. The molecule has 1 fully saturated rings. The number of benzene rings is 2. The highest BCUT2D eigenvalue weighted by Gasteiger charge is 2.20. The first-order chi connectivity index (χ1) is 13.9. The van der Waals surface area contributed by atoms with Gasteiger partial charge in [0, 0.05) is 49.5 Å². The molecule has 1 heterocycles. The van der Waals surface area contributed by atoms with E-state index in [1.165, 1.54) is 5.56 Å². The second-order valence-corrected chi connectivity index (χ2v) is 7.55. The molecule has 6 heteroatoms. The molecule has 0 unspecified atom stereocenters. The fourth-order valence-electron chi connectivity index (χ4n) is 3.51. The van der Waals surface area contributed by atoms with Crippen molar-refractivity contribution >= 4 is 17.4 Å². The summed E-state index contributed by atoms with van der Waals surface area (Å²) in [5.41, 5.74) is 3.72. The van der Waals surface area contributed by atoms with Gasteiger partial charge >= 0.3 is 0 Å². The number of ether oxygens (including phenoxy) is 1. The Morgan fingerprint density at radius 2 is 1.66 bits per heavy atom. The Hall–Kier alpha value is -2.70. The van der Waals surface area contributed by atoms with Crippen LogP contribution in [0.15, 0.2) is 42.5 Å². The van der Waals surface area contributed by atoms with Crippen molar-refractivity contribution < 1.29 is 14.3 Å². The monoisotopic (exact) mass is 395 g/mol. The number of Topliss-reactive ketones (excluding diaryl/α,β-unsaturated/α-hetero) is 1. The topological polar surface area (TPSA) is 61.9 Å². The molecule has 1 aliphatic heterocycles. The van der Waals surface area contributed by atoms with Crippen LogP contribution in [-0.4, -0.2) is 61.3 Å². The zero-order chi connectivity index (χ0) is 20.8. The van der Waals surface area contributed by atoms with Crippen LogP contribution < -0.4 is 10.1 Å². The van der Waals surface area contributed by atoms with Crippen molar-refractivity contribution in [1.29, 1.82) is 0 Å². The molecule has 1 N–H and O–H groups in total. The van der Waals surface area contributed by atoms with E-state index in [-0.39, 0.29) is 11.7 Å². The summed E-state index contributed by atoms with van der Waals surface area (Å²) < 4.78 is 5.46. The van der Waals surface area contributed by atoms with Gasteiger partial charge in [-0.15, -0.1) is 0 Å². The fourth-order valence-corrected chi connectivity index (χ4v) is 3.51. The van der Waals surface area contributed by atoms with Gasteiger partial charge in [0.25, 0.3) is 0 Å². The lowest BCUT2D eigenvalue weighted by atomic mass is 10.1. The minimum absolute atomic E-state index is 0.0122. The van der Waals surface area contributed by atoms with Crippen LogP contribution in [0, 0.1) is 6.92 Å². The second kappa shape index (κ2) is 9.67. The molecule has 2 aromatic rings. The molecule has 0 spiro atoms. The Morgan fingerprint density at radius 1 is 1.00 bits per heavy atom. The van der Waals surface area contributed by atoms with Crippen molar-refractivity contribution in [1.82, 2.24) is 9.80 Å². The number of hydrogen-bond donors (Lipinski definition) is 1. The van der Waals surface area contributed by atoms with Crippen LogP contribution in [0.25, 0.3) is 0 Å². The maximum Gasteiger partial charge on any atom is 0.238 e. The van der Waals surface area contributed by atoms with Crippen LogP contribution in [0.1, 0.15) is 28.4 Å². The van der Waals surface area contributed by atoms with Crippen LogP contribution in [-0.2, 0) is 11.3 Å². The predicted octanol–water partition coefficient (Wildman–Crippen LogP) is 2.96. The van der Waals surface area contributed by atoms with Crippen LogP contribution in [0.5, 0.6) is 5.75 Å². The number of aryl methyl sites for hydroxylation is 1. The third-order valence-corrected chi connectivity index (χ3v) is 5.25. The summed E-state index contributed by atoms with van der Waals surface area (Å²) in [4.78, 5) is 28.5. The van der Waals surface area contributed by atoms with Crippen LogP contribution in [0.2, 0.25) is 0 Å². The number of hydrogen-bond acceptors (Lipinski definition) is 5. The van der Waals surface area contributed by atoms with E-state index in [4.69, 9.17) is 4.74 Å². The molecule has 6 nitrogen and oxygen atoms in total. The molecule has 3 rings (SSSR count). The molecule has 0 saturated carbocycles. The summed E-state index contributed by atoms with van der Waals surface area (Å²) in [5, 5.41) is 2.96. The SMILES string of the molecule is COc1ccc(C(C)=O)cc1CN1CCN(CC(=O)Nc2ccc(C)cc2)CC1. The van der Waals surface area contributed by atoms with E-state index in [1.54, 1.807) is 20.1 Å². The van der Waals surface area contributed by atoms with E-state index in [9.17, 15) is 9.59 Å². The molecule has 0 aliphatic carbocycles. The quantitative estimate of drug-likeness (QED) is 0.731. The van der Waals surface area contributed by atoms with E-state index in [1.807, 2.05) is 43.3 Å². The Labute approximate surface area is 172 Å². The summed E-state index contributed by atoms with van der Waals surface area (Å²) in [5.74, 6) is 0.867. The third-order valence-electron chi connectivity index (χ3n) is 5.25. The Balaban J connectivity index is 1.50. The highest BCUT2D eigenvalue weighted by molar-refractivity contribution is 5.94. The molecule has 0 bridgehead atoms. The standard InChI is InChI=1S/C23H29N3O3/c1-17-4-7-21(8-5-17)24-23(28)16-26-12-10-25(11-13-26)15-20-14-19(18(2)27)6-9-22(20)29-3/h4-9,14H,10-13,15-16H2,1-3H3,(H,24,28). The van der Waals surface area contributed by atoms with E-state index >= 15 is 0 Å². The number of carbonyl (C=O) groups excluding carboxylic acids is 2. The minimum Gasteiger partial charge on any atom is -0.496 e. The second-order valence-electron chi connectivity index (χ2n) is 7.55. The average molecular weight is 396 g/mol. The molecule has 154 valence electrons. The van der Waals surface area contributed by atoms with Gasteiger partial charge in [-0.3, -0.25) is 19.4 Å². The number of nitrogens with one attached hydrogen (secondary N) is 1. The molecule has 1 saturated heterocycles. The molecular formula is C23H29N3O3. The lowest BCUT2D eigenvalue weighted by Crippen LogP contribution is -2.48. The van der Waals surface area contributed by atoms with Crippen molar-refractivity contribution in [3.05, 3.63) is 59.2 Å². The number of ketones is 1. The lowest BCUT2D eigenvalue weighted by molar-refractivity contribution is -0.117. The number of piperazine rings is 1. The van der Waals surface area contributed by atoms with Gasteiger partial charge in [0.15, 0.2) is 5.78 Å². The Bertz CT molecular complexity index is 856. The smallest absolute Gasteiger partial charge is 0.238 e. The average Bonchev–Trinajstić information content (AvgIpc) is 2.71. The highest BCUT2D eigenvalue weighted by Crippen LogP contribution is 2.22. The van der Waals surface area contributed by atoms with Crippen molar-refractivity contribution in [2.45, 2.75) is 20.4 Å². The number of nitrogens with zero attached hydrogens (tertiary/aromatic N) is 2. The molecule has 29 heavy (non-hydrogen) atoms. The van der Waals surface area contributed by atoms with Gasteiger partial charge in [0.1, 0.15) is 5.75 Å². The fraction of sp³-hybridized carbons (Fsp3) is 0.391. The van der Waals surface area contributed by atoms with Crippen molar-refractivity contribution in [3.63, 3.8) is 0 Å². The molecule has 1 aliphatic rings. The maximum absolute atomic E-state index is 12.3. The summed E-state index contributed by atoms with van der Waals surface area (Å²) in [6, 6.07) is 13.4. The van der Waals surface area contributed by atoms with E-state index < -0.39 is 0 Å². The third kappa shape index (κ3) is 5.89. The first kappa shape index (κ1) is 21.0. The summed E-state index contributed by atoms with van der Waals surface area (Å²) in [6.45, 7) is 8.12. The van der Waals surface area contributed by atoms with E-state index in [0.29, 0.717) is 12.1 Å². The van der Waals surface area contributed by atoms with Crippen molar-refractivity contribution in [3.8, 4) is 5.75 Å². The number of anilines is 1. The van der Waals surface area contributed by atoms with Gasteiger partial charge in [-0.05, 0) is 44.2 Å². The maximum atomic E-state index is 12.3. The molecule has 0 radical (unpaired) electrons. The van der Waals surface area contributed by atoms with E-state index in [2.05, 4.69) is 15.1 Å². The number of methoxy groups -OCH3 is 1. The lowest BCUT2D eigenvalue weighted by Gasteiger charge is -2.34. The van der Waals surface area contributed by atoms with Gasteiger partial charge in [-0.25, -0.2) is 0 Å². The zero-order valence-corrected chi connectivity index (χ0v) is 17.4. The van der Waals surface area contributed by atoms with E-state index in [0.717, 1.165) is 49.7 Å². The summed E-state index contributed by atoms with van der Waals surface area (Å²) in [7, 11) is 1.65.